The number of hydrogen-bond donors (Lipinski definition) is 0. The monoisotopic (exact) mass is 315 g/mol. The van der Waals surface area contributed by atoms with E-state index in [1.807, 2.05) is 6.07 Å². The Morgan fingerprint density at radius 1 is 0.833 bits per heavy atom. The largest absolute Gasteiger partial charge is 0.378 e. The zero-order chi connectivity index (χ0) is 16.4. The van der Waals surface area contributed by atoms with Gasteiger partial charge in [-0.15, -0.1) is 0 Å². The van der Waals surface area contributed by atoms with Crippen molar-refractivity contribution < 1.29 is 4.74 Å². The van der Waals surface area contributed by atoms with Gasteiger partial charge in [0.05, 0.1) is 13.2 Å². The maximum absolute atomic E-state index is 5.53. The SMILES string of the molecule is C=C(c1ccccc1)c1c(N2CCOCC2)ccc2ccccc12. The molecule has 0 spiro atoms. The molecule has 4 rings (SSSR count). The lowest BCUT2D eigenvalue weighted by atomic mass is 9.92. The Kier molecular flexibility index (Phi) is 4.06. The van der Waals surface area contributed by atoms with Crippen molar-refractivity contribution in [3.05, 3.63) is 84.4 Å². The molecule has 0 atom stereocenters. The van der Waals surface area contributed by atoms with Crippen molar-refractivity contribution >= 4 is 22.0 Å². The van der Waals surface area contributed by atoms with Crippen LogP contribution in [-0.4, -0.2) is 26.3 Å². The van der Waals surface area contributed by atoms with Gasteiger partial charge in [0.15, 0.2) is 0 Å². The molecule has 3 aromatic carbocycles. The minimum atomic E-state index is 0.782. The molecule has 1 fully saturated rings. The summed E-state index contributed by atoms with van der Waals surface area (Å²) in [5.41, 5.74) is 4.74. The van der Waals surface area contributed by atoms with Crippen LogP contribution in [0.1, 0.15) is 11.1 Å². The summed E-state index contributed by atoms with van der Waals surface area (Å²) in [6.45, 7) is 7.85. The van der Waals surface area contributed by atoms with E-state index in [9.17, 15) is 0 Å². The molecule has 2 nitrogen and oxygen atoms in total. The van der Waals surface area contributed by atoms with Crippen molar-refractivity contribution in [2.45, 2.75) is 0 Å². The van der Waals surface area contributed by atoms with Gasteiger partial charge in [0.1, 0.15) is 0 Å². The molecule has 1 aliphatic rings. The van der Waals surface area contributed by atoms with Crippen molar-refractivity contribution in [3.8, 4) is 0 Å². The predicted octanol–water partition coefficient (Wildman–Crippen LogP) is 4.74. The summed E-state index contributed by atoms with van der Waals surface area (Å²) in [5.74, 6) is 0. The molecule has 0 aromatic heterocycles. The van der Waals surface area contributed by atoms with Crippen LogP contribution in [0.3, 0.4) is 0 Å². The third-order valence-electron chi connectivity index (χ3n) is 4.68. The molecule has 0 N–H and O–H groups in total. The van der Waals surface area contributed by atoms with E-state index >= 15 is 0 Å². The summed E-state index contributed by atoms with van der Waals surface area (Å²) in [6, 6.07) is 23.4. The summed E-state index contributed by atoms with van der Waals surface area (Å²) in [5, 5.41) is 2.51. The van der Waals surface area contributed by atoms with Crippen LogP contribution in [0.2, 0.25) is 0 Å². The Hall–Kier alpha value is -2.58. The van der Waals surface area contributed by atoms with Gasteiger partial charge in [-0.1, -0.05) is 67.2 Å². The number of fused-ring (bicyclic) bond motifs is 1. The zero-order valence-corrected chi connectivity index (χ0v) is 13.7. The van der Waals surface area contributed by atoms with E-state index in [2.05, 4.69) is 72.1 Å². The summed E-state index contributed by atoms with van der Waals surface area (Å²) < 4.78 is 5.53. The van der Waals surface area contributed by atoms with Crippen molar-refractivity contribution in [1.29, 1.82) is 0 Å². The molecule has 1 heterocycles. The lowest BCUT2D eigenvalue weighted by Gasteiger charge is -2.31. The van der Waals surface area contributed by atoms with E-state index in [1.165, 1.54) is 27.6 Å². The Bertz CT molecular complexity index is 864. The van der Waals surface area contributed by atoms with Gasteiger partial charge in [-0.3, -0.25) is 0 Å². The molecule has 0 bridgehead atoms. The smallest absolute Gasteiger partial charge is 0.0642 e. The molecule has 3 aromatic rings. The van der Waals surface area contributed by atoms with Crippen LogP contribution >= 0.6 is 0 Å². The highest BCUT2D eigenvalue weighted by Crippen LogP contribution is 2.37. The standard InChI is InChI=1S/C22H21NO/c1-17(18-7-3-2-4-8-18)22-20-10-6-5-9-19(20)11-12-21(22)23-13-15-24-16-14-23/h2-12H,1,13-16H2. The number of benzene rings is 3. The quantitative estimate of drug-likeness (QED) is 0.692. The number of ether oxygens (including phenoxy) is 1. The molecule has 0 amide bonds. The van der Waals surface area contributed by atoms with Gasteiger partial charge in [0.2, 0.25) is 0 Å². The van der Waals surface area contributed by atoms with Crippen LogP contribution < -0.4 is 4.90 Å². The first-order valence-corrected chi connectivity index (χ1v) is 8.44. The minimum Gasteiger partial charge on any atom is -0.378 e. The first-order chi connectivity index (χ1) is 11.8. The molecule has 2 heteroatoms. The van der Waals surface area contributed by atoms with E-state index in [1.54, 1.807) is 0 Å². The molecule has 1 saturated heterocycles. The lowest BCUT2D eigenvalue weighted by molar-refractivity contribution is 0.122. The third kappa shape index (κ3) is 2.70. The van der Waals surface area contributed by atoms with Gasteiger partial charge in [0, 0.05) is 24.3 Å². The maximum atomic E-state index is 5.53. The van der Waals surface area contributed by atoms with Gasteiger partial charge in [-0.25, -0.2) is 0 Å². The van der Waals surface area contributed by atoms with E-state index in [0.29, 0.717) is 0 Å². The summed E-state index contributed by atoms with van der Waals surface area (Å²) in [7, 11) is 0. The molecule has 0 radical (unpaired) electrons. The second-order valence-corrected chi connectivity index (χ2v) is 6.12. The number of rotatable bonds is 3. The highest BCUT2D eigenvalue weighted by atomic mass is 16.5. The third-order valence-corrected chi connectivity index (χ3v) is 4.68. The number of morpholine rings is 1. The highest BCUT2D eigenvalue weighted by molar-refractivity contribution is 6.02. The summed E-state index contributed by atoms with van der Waals surface area (Å²) >= 11 is 0. The minimum absolute atomic E-state index is 0.782. The Balaban J connectivity index is 1.91. The molecular formula is C22H21NO. The summed E-state index contributed by atoms with van der Waals surface area (Å²) in [4.78, 5) is 2.42. The fraction of sp³-hybridized carbons (Fsp3) is 0.182. The molecule has 0 aliphatic carbocycles. The van der Waals surface area contributed by atoms with E-state index in [0.717, 1.165) is 31.9 Å². The molecule has 0 unspecified atom stereocenters. The molecule has 24 heavy (non-hydrogen) atoms. The number of nitrogens with zero attached hydrogens (tertiary/aromatic N) is 1. The van der Waals surface area contributed by atoms with Crippen molar-refractivity contribution in [2.24, 2.45) is 0 Å². The predicted molar refractivity (Wildman–Crippen MR) is 102 cm³/mol. The average molecular weight is 315 g/mol. The Morgan fingerprint density at radius 2 is 1.54 bits per heavy atom. The van der Waals surface area contributed by atoms with Gasteiger partial charge < -0.3 is 9.64 Å². The Morgan fingerprint density at radius 3 is 2.33 bits per heavy atom. The maximum Gasteiger partial charge on any atom is 0.0642 e. The molecular weight excluding hydrogens is 294 g/mol. The second-order valence-electron chi connectivity index (χ2n) is 6.12. The number of hydrogen-bond acceptors (Lipinski definition) is 2. The van der Waals surface area contributed by atoms with Crippen LogP contribution in [0.5, 0.6) is 0 Å². The van der Waals surface area contributed by atoms with E-state index in [4.69, 9.17) is 4.74 Å². The van der Waals surface area contributed by atoms with Crippen LogP contribution in [0.15, 0.2) is 73.3 Å². The summed E-state index contributed by atoms with van der Waals surface area (Å²) in [6.07, 6.45) is 0. The highest BCUT2D eigenvalue weighted by Gasteiger charge is 2.19. The normalized spacial score (nSPS) is 14.8. The fourth-order valence-corrected chi connectivity index (χ4v) is 3.43. The first kappa shape index (κ1) is 15.0. The van der Waals surface area contributed by atoms with Crippen molar-refractivity contribution in [1.82, 2.24) is 0 Å². The van der Waals surface area contributed by atoms with Crippen LogP contribution in [0.4, 0.5) is 5.69 Å². The first-order valence-electron chi connectivity index (χ1n) is 8.44. The van der Waals surface area contributed by atoms with Crippen LogP contribution in [0.25, 0.3) is 16.3 Å². The fourth-order valence-electron chi connectivity index (χ4n) is 3.43. The average Bonchev–Trinajstić information content (AvgIpc) is 2.68. The van der Waals surface area contributed by atoms with E-state index < -0.39 is 0 Å². The van der Waals surface area contributed by atoms with Crippen molar-refractivity contribution in [2.75, 3.05) is 31.2 Å². The molecule has 0 saturated carbocycles. The zero-order valence-electron chi connectivity index (χ0n) is 13.7. The number of anilines is 1. The lowest BCUT2D eigenvalue weighted by Crippen LogP contribution is -2.36. The van der Waals surface area contributed by atoms with Crippen LogP contribution in [0, 0.1) is 0 Å². The Labute approximate surface area is 143 Å². The van der Waals surface area contributed by atoms with Crippen molar-refractivity contribution in [3.63, 3.8) is 0 Å². The second kappa shape index (κ2) is 6.50. The van der Waals surface area contributed by atoms with Gasteiger partial charge in [-0.05, 0) is 28.0 Å². The van der Waals surface area contributed by atoms with Gasteiger partial charge in [-0.2, -0.15) is 0 Å². The van der Waals surface area contributed by atoms with Crippen LogP contribution in [-0.2, 0) is 4.74 Å². The van der Waals surface area contributed by atoms with Gasteiger partial charge in [0.25, 0.3) is 0 Å². The topological polar surface area (TPSA) is 12.5 Å². The van der Waals surface area contributed by atoms with E-state index in [-0.39, 0.29) is 0 Å². The van der Waals surface area contributed by atoms with Gasteiger partial charge >= 0.3 is 0 Å². The molecule has 120 valence electrons. The molecule has 1 aliphatic heterocycles.